The Bertz CT molecular complexity index is 899. The second-order valence-corrected chi connectivity index (χ2v) is 5.97. The van der Waals surface area contributed by atoms with E-state index in [0.717, 1.165) is 11.3 Å². The van der Waals surface area contributed by atoms with Gasteiger partial charge in [-0.25, -0.2) is 4.79 Å². The zero-order valence-corrected chi connectivity index (χ0v) is 14.2. The van der Waals surface area contributed by atoms with E-state index in [1.54, 1.807) is 31.4 Å². The molecule has 0 unspecified atom stereocenters. The molecule has 0 spiro atoms. The number of rotatable bonds is 5. The van der Waals surface area contributed by atoms with E-state index in [9.17, 15) is 14.7 Å². The second-order valence-electron chi connectivity index (χ2n) is 5.97. The number of aromatic nitrogens is 2. The standard InChI is InChI=1S/C18H20N2O6/c1-25-13-6-3-11(4-7-13)2-5-12-9-20(18(24)19-17(12)23)16-8-14(22)15(10-21)26-16/h2-7,9,14-16,21-22H,8,10H2,1H3,(H,19,23,24)/b5-2+/t14-,15+,16+/m0/s1. The number of aromatic amines is 1. The van der Waals surface area contributed by atoms with Crippen LogP contribution >= 0.6 is 0 Å². The van der Waals surface area contributed by atoms with Crippen molar-refractivity contribution in [2.75, 3.05) is 13.7 Å². The van der Waals surface area contributed by atoms with Gasteiger partial charge in [-0.05, 0) is 23.8 Å². The fraction of sp³-hybridized carbons (Fsp3) is 0.333. The van der Waals surface area contributed by atoms with Crippen molar-refractivity contribution in [2.45, 2.75) is 24.9 Å². The molecule has 1 aromatic carbocycles. The fourth-order valence-electron chi connectivity index (χ4n) is 2.78. The third-order valence-corrected chi connectivity index (χ3v) is 4.26. The number of aliphatic hydroxyl groups is 2. The van der Waals surface area contributed by atoms with Crippen LogP contribution in [0.25, 0.3) is 12.2 Å². The third-order valence-electron chi connectivity index (χ3n) is 4.26. The highest BCUT2D eigenvalue weighted by Gasteiger charge is 2.35. The van der Waals surface area contributed by atoms with Crippen LogP contribution in [0.3, 0.4) is 0 Å². The van der Waals surface area contributed by atoms with E-state index in [2.05, 4.69) is 4.98 Å². The van der Waals surface area contributed by atoms with Crippen molar-refractivity contribution < 1.29 is 19.7 Å². The van der Waals surface area contributed by atoms with E-state index in [-0.39, 0.29) is 18.6 Å². The molecule has 8 nitrogen and oxygen atoms in total. The molecule has 8 heteroatoms. The van der Waals surface area contributed by atoms with Crippen LogP contribution in [0.15, 0.2) is 40.1 Å². The number of nitrogens with one attached hydrogen (secondary N) is 1. The van der Waals surface area contributed by atoms with Gasteiger partial charge < -0.3 is 19.7 Å². The van der Waals surface area contributed by atoms with Gasteiger partial charge in [0.15, 0.2) is 0 Å². The minimum absolute atomic E-state index is 0.152. The van der Waals surface area contributed by atoms with Crippen LogP contribution in [0.1, 0.15) is 23.8 Å². The largest absolute Gasteiger partial charge is 0.497 e. The summed E-state index contributed by atoms with van der Waals surface area (Å²) in [7, 11) is 1.58. The van der Waals surface area contributed by atoms with Gasteiger partial charge in [-0.1, -0.05) is 18.2 Å². The summed E-state index contributed by atoms with van der Waals surface area (Å²) in [5.41, 5.74) is -0.0255. The van der Waals surface area contributed by atoms with Crippen LogP contribution in [0.2, 0.25) is 0 Å². The molecular formula is C18H20N2O6. The molecule has 3 rings (SSSR count). The molecule has 138 valence electrons. The molecule has 1 saturated heterocycles. The lowest BCUT2D eigenvalue weighted by atomic mass is 10.1. The molecule has 1 aliphatic heterocycles. The number of aliphatic hydroxyl groups excluding tert-OH is 2. The first kappa shape index (κ1) is 18.1. The molecule has 0 radical (unpaired) electrons. The smallest absolute Gasteiger partial charge is 0.330 e. The van der Waals surface area contributed by atoms with Gasteiger partial charge in [-0.2, -0.15) is 0 Å². The average Bonchev–Trinajstić information content (AvgIpc) is 3.02. The monoisotopic (exact) mass is 360 g/mol. The van der Waals surface area contributed by atoms with E-state index in [1.807, 2.05) is 12.1 Å². The zero-order chi connectivity index (χ0) is 18.7. The normalized spacial score (nSPS) is 22.8. The molecule has 1 aromatic heterocycles. The van der Waals surface area contributed by atoms with Crippen molar-refractivity contribution >= 4 is 12.2 Å². The second kappa shape index (κ2) is 7.69. The zero-order valence-electron chi connectivity index (χ0n) is 14.2. The average molecular weight is 360 g/mol. The quantitative estimate of drug-likeness (QED) is 0.709. The molecule has 26 heavy (non-hydrogen) atoms. The Morgan fingerprint density at radius 1 is 1.31 bits per heavy atom. The minimum atomic E-state index is -0.873. The first-order valence-electron chi connectivity index (χ1n) is 8.14. The summed E-state index contributed by atoms with van der Waals surface area (Å²) in [5.74, 6) is 0.726. The summed E-state index contributed by atoms with van der Waals surface area (Å²) in [6.07, 6.45) is 2.49. The Labute approximate surface area is 149 Å². The lowest BCUT2D eigenvalue weighted by Gasteiger charge is -2.14. The van der Waals surface area contributed by atoms with Gasteiger partial charge in [0.2, 0.25) is 0 Å². The highest BCUT2D eigenvalue weighted by molar-refractivity contribution is 5.69. The molecule has 0 saturated carbocycles. The van der Waals surface area contributed by atoms with Gasteiger partial charge in [0.05, 0.1) is 25.4 Å². The van der Waals surface area contributed by atoms with Gasteiger partial charge in [-0.15, -0.1) is 0 Å². The van der Waals surface area contributed by atoms with Crippen LogP contribution in [0, 0.1) is 0 Å². The number of hydrogen-bond acceptors (Lipinski definition) is 6. The molecule has 2 heterocycles. The molecule has 0 bridgehead atoms. The van der Waals surface area contributed by atoms with Crippen molar-refractivity contribution in [3.8, 4) is 5.75 Å². The number of benzene rings is 1. The minimum Gasteiger partial charge on any atom is -0.497 e. The Morgan fingerprint density at radius 3 is 2.65 bits per heavy atom. The third kappa shape index (κ3) is 3.77. The van der Waals surface area contributed by atoms with Gasteiger partial charge in [0.25, 0.3) is 5.56 Å². The molecule has 0 amide bonds. The van der Waals surface area contributed by atoms with Crippen LogP contribution in [-0.4, -0.2) is 45.7 Å². The van der Waals surface area contributed by atoms with Crippen LogP contribution < -0.4 is 16.0 Å². The highest BCUT2D eigenvalue weighted by atomic mass is 16.5. The van der Waals surface area contributed by atoms with Gasteiger partial charge in [0.1, 0.15) is 18.1 Å². The molecule has 1 fully saturated rings. The highest BCUT2D eigenvalue weighted by Crippen LogP contribution is 2.27. The van der Waals surface area contributed by atoms with Crippen molar-refractivity contribution in [1.82, 2.24) is 9.55 Å². The fourth-order valence-corrected chi connectivity index (χ4v) is 2.78. The summed E-state index contributed by atoms with van der Waals surface area (Å²) in [6, 6.07) is 7.27. The first-order valence-corrected chi connectivity index (χ1v) is 8.14. The summed E-state index contributed by atoms with van der Waals surface area (Å²) in [5, 5.41) is 19.0. The van der Waals surface area contributed by atoms with E-state index >= 15 is 0 Å². The molecular weight excluding hydrogens is 340 g/mol. The molecule has 3 atom stereocenters. The van der Waals surface area contributed by atoms with E-state index in [1.165, 1.54) is 10.8 Å². The SMILES string of the molecule is COc1ccc(/C=C/c2cn([C@H]3C[C@H](O)[C@@H](CO)O3)c(=O)[nH]c2=O)cc1. The van der Waals surface area contributed by atoms with Gasteiger partial charge >= 0.3 is 5.69 Å². The van der Waals surface area contributed by atoms with Crippen molar-refractivity contribution in [1.29, 1.82) is 0 Å². The summed E-state index contributed by atoms with van der Waals surface area (Å²) in [6.45, 7) is -0.347. The molecule has 2 aromatic rings. The maximum absolute atomic E-state index is 12.1. The van der Waals surface area contributed by atoms with Crippen LogP contribution in [0.4, 0.5) is 0 Å². The number of hydrogen-bond donors (Lipinski definition) is 3. The number of H-pyrrole nitrogens is 1. The molecule has 3 N–H and O–H groups in total. The summed E-state index contributed by atoms with van der Waals surface area (Å²) < 4.78 is 11.8. The Balaban J connectivity index is 1.87. The summed E-state index contributed by atoms with van der Waals surface area (Å²) >= 11 is 0. The van der Waals surface area contributed by atoms with Gasteiger partial charge in [0, 0.05) is 12.6 Å². The number of methoxy groups -OCH3 is 1. The first-order chi connectivity index (χ1) is 12.5. The van der Waals surface area contributed by atoms with E-state index < -0.39 is 29.7 Å². The molecule has 0 aliphatic carbocycles. The van der Waals surface area contributed by atoms with E-state index in [0.29, 0.717) is 0 Å². The van der Waals surface area contributed by atoms with E-state index in [4.69, 9.17) is 14.6 Å². The Hall–Kier alpha value is -2.68. The van der Waals surface area contributed by atoms with Gasteiger partial charge in [-0.3, -0.25) is 14.3 Å². The predicted molar refractivity (Wildman–Crippen MR) is 94.9 cm³/mol. The number of ether oxygens (including phenoxy) is 2. The maximum atomic E-state index is 12.1. The van der Waals surface area contributed by atoms with Crippen molar-refractivity contribution in [3.05, 3.63) is 62.4 Å². The van der Waals surface area contributed by atoms with Crippen molar-refractivity contribution in [3.63, 3.8) is 0 Å². The topological polar surface area (TPSA) is 114 Å². The lowest BCUT2D eigenvalue weighted by Crippen LogP contribution is -2.33. The predicted octanol–water partition coefficient (Wildman–Crippen LogP) is 0.356. The Morgan fingerprint density at radius 2 is 2.04 bits per heavy atom. The van der Waals surface area contributed by atoms with Crippen LogP contribution in [0.5, 0.6) is 5.75 Å². The van der Waals surface area contributed by atoms with Crippen molar-refractivity contribution in [2.24, 2.45) is 0 Å². The van der Waals surface area contributed by atoms with Crippen LogP contribution in [-0.2, 0) is 4.74 Å². The Kier molecular flexibility index (Phi) is 5.36. The number of nitrogens with zero attached hydrogens (tertiary/aromatic N) is 1. The molecule has 1 aliphatic rings. The lowest BCUT2D eigenvalue weighted by molar-refractivity contribution is -0.0459. The summed E-state index contributed by atoms with van der Waals surface area (Å²) in [4.78, 5) is 26.4. The maximum Gasteiger partial charge on any atom is 0.330 e.